The molecule has 1 aliphatic rings. The van der Waals surface area contributed by atoms with Gasteiger partial charge in [-0.2, -0.15) is 0 Å². The van der Waals surface area contributed by atoms with Crippen LogP contribution in [0.5, 0.6) is 0 Å². The number of piperidine rings is 1. The summed E-state index contributed by atoms with van der Waals surface area (Å²) in [7, 11) is -3.91. The maximum absolute atomic E-state index is 13.5. The van der Waals surface area contributed by atoms with Crippen LogP contribution in [0.2, 0.25) is 0 Å². The average molecular weight is 521 g/mol. The number of nitrogen functional groups attached to an aromatic ring is 1. The summed E-state index contributed by atoms with van der Waals surface area (Å²) in [6.45, 7) is 1.09. The highest BCUT2D eigenvalue weighted by atomic mass is 32.2. The van der Waals surface area contributed by atoms with Gasteiger partial charge in [0.15, 0.2) is 0 Å². The van der Waals surface area contributed by atoms with Gasteiger partial charge in [-0.15, -0.1) is 0 Å². The quantitative estimate of drug-likeness (QED) is 0.204. The molecule has 0 atom stereocenters. The summed E-state index contributed by atoms with van der Waals surface area (Å²) in [6.07, 6.45) is 0.771. The normalized spacial score (nSPS) is 14.9. The number of rotatable bonds is 7. The second-order valence-electron chi connectivity index (χ2n) is 8.85. The first-order valence-corrected chi connectivity index (χ1v) is 13.2. The fourth-order valence-corrected chi connectivity index (χ4v) is 5.08. The van der Waals surface area contributed by atoms with Gasteiger partial charge in [0.1, 0.15) is 11.4 Å². The van der Waals surface area contributed by atoms with Crippen molar-refractivity contribution in [2.75, 3.05) is 18.4 Å². The lowest BCUT2D eigenvalue weighted by atomic mass is 9.86. The molecule has 1 heterocycles. The number of sulfonamides is 1. The summed E-state index contributed by atoms with van der Waals surface area (Å²) in [5.41, 5.74) is 6.69. The van der Waals surface area contributed by atoms with Gasteiger partial charge in [0, 0.05) is 22.4 Å². The number of primary sulfonamides is 1. The molecule has 11 heteroatoms. The van der Waals surface area contributed by atoms with E-state index in [0.29, 0.717) is 53.9 Å². The highest BCUT2D eigenvalue weighted by molar-refractivity contribution is 7.89. The fourth-order valence-electron chi connectivity index (χ4n) is 4.32. The van der Waals surface area contributed by atoms with Gasteiger partial charge in [-0.1, -0.05) is 42.5 Å². The highest BCUT2D eigenvalue weighted by Gasteiger charge is 2.41. The van der Waals surface area contributed by atoms with Crippen molar-refractivity contribution in [1.29, 1.82) is 5.41 Å². The molecule has 1 aliphatic heterocycles. The molecule has 2 amide bonds. The molecular formula is C26H28N6O4S. The zero-order chi connectivity index (χ0) is 26.6. The number of nitrogens with two attached hydrogens (primary N) is 2. The molecule has 37 heavy (non-hydrogen) atoms. The van der Waals surface area contributed by atoms with Crippen LogP contribution in [-0.2, 0) is 14.8 Å². The Morgan fingerprint density at radius 3 is 2.22 bits per heavy atom. The van der Waals surface area contributed by atoms with E-state index >= 15 is 0 Å². The Hall–Kier alpha value is -4.06. The van der Waals surface area contributed by atoms with Crippen molar-refractivity contribution in [1.82, 2.24) is 10.6 Å². The molecule has 0 saturated carbocycles. The van der Waals surface area contributed by atoms with Gasteiger partial charge in [-0.05, 0) is 61.8 Å². The van der Waals surface area contributed by atoms with Gasteiger partial charge in [0.2, 0.25) is 15.9 Å². The topological polar surface area (TPSA) is 180 Å². The molecule has 8 N–H and O–H groups in total. The fraction of sp³-hybridized carbons (Fsp3) is 0.192. The molecule has 0 bridgehead atoms. The van der Waals surface area contributed by atoms with Crippen LogP contribution in [0, 0.1) is 5.41 Å². The lowest BCUT2D eigenvalue weighted by Crippen LogP contribution is -2.61. The average Bonchev–Trinajstić information content (AvgIpc) is 2.89. The molecule has 3 aromatic carbocycles. The maximum atomic E-state index is 13.5. The van der Waals surface area contributed by atoms with Crippen LogP contribution in [-0.4, -0.2) is 44.7 Å². The van der Waals surface area contributed by atoms with E-state index in [1.54, 1.807) is 60.7 Å². The number of nitrogens with one attached hydrogen (secondary N) is 4. The van der Waals surface area contributed by atoms with Gasteiger partial charge in [0.05, 0.1) is 4.90 Å². The Morgan fingerprint density at radius 2 is 1.57 bits per heavy atom. The van der Waals surface area contributed by atoms with Gasteiger partial charge in [-0.3, -0.25) is 15.0 Å². The van der Waals surface area contributed by atoms with Crippen molar-refractivity contribution in [2.45, 2.75) is 23.3 Å². The number of carbonyl (C=O) groups excluding carboxylic acids is 2. The summed E-state index contributed by atoms with van der Waals surface area (Å²) in [6, 6.07) is 19.5. The van der Waals surface area contributed by atoms with Crippen LogP contribution >= 0.6 is 0 Å². The van der Waals surface area contributed by atoms with E-state index in [0.717, 1.165) is 0 Å². The highest BCUT2D eigenvalue weighted by Crippen LogP contribution is 2.28. The molecule has 0 radical (unpaired) electrons. The number of carbonyl (C=O) groups is 2. The van der Waals surface area contributed by atoms with E-state index in [1.807, 2.05) is 0 Å². The lowest BCUT2D eigenvalue weighted by Gasteiger charge is -2.37. The first kappa shape index (κ1) is 26.0. The molecule has 1 fully saturated rings. The lowest BCUT2D eigenvalue weighted by molar-refractivity contribution is -0.123. The third kappa shape index (κ3) is 5.85. The molecule has 1 saturated heterocycles. The molecule has 0 spiro atoms. The van der Waals surface area contributed by atoms with Crippen molar-refractivity contribution < 1.29 is 18.0 Å². The Morgan fingerprint density at radius 1 is 0.919 bits per heavy atom. The zero-order valence-corrected chi connectivity index (χ0v) is 20.8. The predicted molar refractivity (Wildman–Crippen MR) is 142 cm³/mol. The van der Waals surface area contributed by atoms with E-state index in [1.165, 1.54) is 12.1 Å². The predicted octanol–water partition coefficient (Wildman–Crippen LogP) is 1.78. The first-order valence-electron chi connectivity index (χ1n) is 11.6. The molecule has 3 aromatic rings. The minimum atomic E-state index is -3.91. The Balaban J connectivity index is 1.55. The van der Waals surface area contributed by atoms with Gasteiger partial charge >= 0.3 is 0 Å². The first-order chi connectivity index (χ1) is 17.6. The molecular weight excluding hydrogens is 492 g/mol. The number of hydrogen-bond acceptors (Lipinski definition) is 6. The van der Waals surface area contributed by atoms with Crippen LogP contribution < -0.4 is 26.8 Å². The monoisotopic (exact) mass is 520 g/mol. The van der Waals surface area contributed by atoms with E-state index < -0.39 is 21.5 Å². The van der Waals surface area contributed by atoms with E-state index in [4.69, 9.17) is 16.3 Å². The third-order valence-electron chi connectivity index (χ3n) is 6.33. The molecule has 4 rings (SSSR count). The number of amidine groups is 1. The standard InChI is InChI=1S/C26H28N6O4S/c27-23(28)18-4-3-5-19(16-18)24(33)32-26(12-14-30-15-13-26)25(34)31-20-10-8-17(9-11-20)21-6-1-2-7-22(21)37(29,35)36/h1-11,16,30H,12-15H2,(H3,27,28)(H,31,34)(H,32,33)(H2,29,35,36). The van der Waals surface area contributed by atoms with Crippen molar-refractivity contribution in [3.05, 3.63) is 83.9 Å². The molecule has 0 unspecified atom stereocenters. The van der Waals surface area contributed by atoms with Crippen LogP contribution in [0.25, 0.3) is 11.1 Å². The third-order valence-corrected chi connectivity index (χ3v) is 7.30. The molecule has 10 nitrogen and oxygen atoms in total. The van der Waals surface area contributed by atoms with Crippen LogP contribution in [0.15, 0.2) is 77.7 Å². The van der Waals surface area contributed by atoms with Gasteiger partial charge < -0.3 is 21.7 Å². The second kappa shape index (κ2) is 10.5. The van der Waals surface area contributed by atoms with Crippen LogP contribution in [0.3, 0.4) is 0 Å². The van der Waals surface area contributed by atoms with Gasteiger partial charge in [0.25, 0.3) is 5.91 Å². The summed E-state index contributed by atoms with van der Waals surface area (Å²) in [5, 5.41) is 22.0. The summed E-state index contributed by atoms with van der Waals surface area (Å²) in [4.78, 5) is 26.6. The van der Waals surface area contributed by atoms with Crippen molar-refractivity contribution in [3.63, 3.8) is 0 Å². The van der Waals surface area contributed by atoms with Crippen molar-refractivity contribution in [3.8, 4) is 11.1 Å². The van der Waals surface area contributed by atoms with E-state index in [2.05, 4.69) is 16.0 Å². The van der Waals surface area contributed by atoms with Crippen LogP contribution in [0.4, 0.5) is 5.69 Å². The number of hydrogen-bond donors (Lipinski definition) is 6. The Kier molecular flexibility index (Phi) is 7.39. The Labute approximate surface area is 215 Å². The maximum Gasteiger partial charge on any atom is 0.252 e. The SMILES string of the molecule is N=C(N)c1cccc(C(=O)NC2(C(=O)Nc3ccc(-c4ccccc4S(N)(=O)=O)cc3)CCNCC2)c1. The van der Waals surface area contributed by atoms with Gasteiger partial charge in [-0.25, -0.2) is 13.6 Å². The van der Waals surface area contributed by atoms with Crippen molar-refractivity contribution in [2.24, 2.45) is 10.9 Å². The van der Waals surface area contributed by atoms with E-state index in [-0.39, 0.29) is 16.6 Å². The number of amides is 2. The zero-order valence-electron chi connectivity index (χ0n) is 20.0. The molecule has 192 valence electrons. The van der Waals surface area contributed by atoms with Crippen LogP contribution in [0.1, 0.15) is 28.8 Å². The number of anilines is 1. The molecule has 0 aromatic heterocycles. The number of benzene rings is 3. The summed E-state index contributed by atoms with van der Waals surface area (Å²) in [5.74, 6) is -0.947. The Bertz CT molecular complexity index is 1450. The minimum absolute atomic E-state index is 0.0111. The summed E-state index contributed by atoms with van der Waals surface area (Å²) >= 11 is 0. The van der Waals surface area contributed by atoms with Crippen molar-refractivity contribution >= 4 is 33.4 Å². The largest absolute Gasteiger partial charge is 0.384 e. The second-order valence-corrected chi connectivity index (χ2v) is 10.4. The minimum Gasteiger partial charge on any atom is -0.384 e. The molecule has 0 aliphatic carbocycles. The summed E-state index contributed by atoms with van der Waals surface area (Å²) < 4.78 is 23.9. The smallest absolute Gasteiger partial charge is 0.252 e. The van der Waals surface area contributed by atoms with E-state index in [9.17, 15) is 18.0 Å².